The fraction of sp³-hybridized carbons (Fsp3) is 0.385. The lowest BCUT2D eigenvalue weighted by atomic mass is 10.1. The minimum Gasteiger partial charge on any atom is -0.388 e. The van der Waals surface area contributed by atoms with Crippen molar-refractivity contribution in [3.05, 3.63) is 45.5 Å². The average Bonchev–Trinajstić information content (AvgIpc) is 2.67. The van der Waals surface area contributed by atoms with Crippen molar-refractivity contribution in [2.45, 2.75) is 32.9 Å². The summed E-state index contributed by atoms with van der Waals surface area (Å²) in [5.41, 5.74) is 2.33. The summed E-state index contributed by atoms with van der Waals surface area (Å²) in [5, 5.41) is 15.6. The molecule has 1 unspecified atom stereocenters. The highest BCUT2D eigenvalue weighted by Crippen LogP contribution is 2.26. The van der Waals surface area contributed by atoms with Gasteiger partial charge < -0.3 is 5.11 Å². The van der Waals surface area contributed by atoms with Gasteiger partial charge >= 0.3 is 0 Å². The number of rotatable bonds is 4. The minimum atomic E-state index is -0.677. The number of aliphatic hydroxyl groups is 1. The Balaban J connectivity index is 2.23. The van der Waals surface area contributed by atoms with Crippen molar-refractivity contribution in [3.63, 3.8) is 0 Å². The highest BCUT2D eigenvalue weighted by molar-refractivity contribution is 6.31. The Morgan fingerprint density at radius 3 is 2.68 bits per heavy atom. The van der Waals surface area contributed by atoms with Crippen LogP contribution in [0.1, 0.15) is 30.0 Å². The van der Waals surface area contributed by atoms with E-state index in [1.165, 1.54) is 0 Å². The molecule has 6 heteroatoms. The van der Waals surface area contributed by atoms with Crippen molar-refractivity contribution in [1.29, 1.82) is 0 Å². The van der Waals surface area contributed by atoms with Gasteiger partial charge in [0.25, 0.3) is 0 Å². The van der Waals surface area contributed by atoms with Gasteiger partial charge in [0, 0.05) is 19.2 Å². The van der Waals surface area contributed by atoms with Crippen LogP contribution in [0.4, 0.5) is 0 Å². The summed E-state index contributed by atoms with van der Waals surface area (Å²) in [7, 11) is 0. The predicted octanol–water partition coefficient (Wildman–Crippen LogP) is 3.19. The van der Waals surface area contributed by atoms with Crippen molar-refractivity contribution in [1.82, 2.24) is 14.8 Å². The van der Waals surface area contributed by atoms with Crippen LogP contribution >= 0.6 is 23.2 Å². The zero-order valence-corrected chi connectivity index (χ0v) is 12.3. The standard InChI is InChI=1S/C13H15Cl2N3O/c1-3-18-10(13(15)8(2)17-18)6-11(19)9-4-5-12(14)16-7-9/h4-5,7,11,19H,3,6H2,1-2H3. The van der Waals surface area contributed by atoms with Gasteiger partial charge in [-0.25, -0.2) is 4.98 Å². The number of aryl methyl sites for hydroxylation is 2. The van der Waals surface area contributed by atoms with E-state index in [4.69, 9.17) is 23.2 Å². The molecule has 0 aromatic carbocycles. The fourth-order valence-corrected chi connectivity index (χ4v) is 2.27. The van der Waals surface area contributed by atoms with Crippen LogP contribution in [0.3, 0.4) is 0 Å². The topological polar surface area (TPSA) is 50.9 Å². The third-order valence-electron chi connectivity index (χ3n) is 2.97. The Bertz CT molecular complexity index is 566. The van der Waals surface area contributed by atoms with Gasteiger partial charge in [-0.15, -0.1) is 0 Å². The van der Waals surface area contributed by atoms with Gasteiger partial charge in [-0.2, -0.15) is 5.10 Å². The van der Waals surface area contributed by atoms with Gasteiger partial charge in [0.1, 0.15) is 5.15 Å². The number of nitrogens with zero attached hydrogens (tertiary/aromatic N) is 3. The second kappa shape index (κ2) is 5.90. The van der Waals surface area contributed by atoms with Gasteiger partial charge in [-0.1, -0.05) is 29.3 Å². The molecule has 2 aromatic heterocycles. The molecule has 0 spiro atoms. The van der Waals surface area contributed by atoms with Crippen molar-refractivity contribution >= 4 is 23.2 Å². The van der Waals surface area contributed by atoms with E-state index < -0.39 is 6.10 Å². The second-order valence-electron chi connectivity index (χ2n) is 4.30. The molecule has 0 bridgehead atoms. The van der Waals surface area contributed by atoms with Gasteiger partial charge in [-0.3, -0.25) is 4.68 Å². The molecule has 0 aliphatic heterocycles. The Morgan fingerprint density at radius 2 is 2.11 bits per heavy atom. The number of halogens is 2. The third kappa shape index (κ3) is 3.08. The highest BCUT2D eigenvalue weighted by atomic mass is 35.5. The summed E-state index contributed by atoms with van der Waals surface area (Å²) in [6.45, 7) is 4.56. The maximum Gasteiger partial charge on any atom is 0.129 e. The molecular formula is C13H15Cl2N3O. The summed E-state index contributed by atoms with van der Waals surface area (Å²) in [5.74, 6) is 0. The van der Waals surface area contributed by atoms with Crippen molar-refractivity contribution in [2.24, 2.45) is 0 Å². The molecule has 19 heavy (non-hydrogen) atoms. The highest BCUT2D eigenvalue weighted by Gasteiger charge is 2.17. The smallest absolute Gasteiger partial charge is 0.129 e. The van der Waals surface area contributed by atoms with Crippen molar-refractivity contribution < 1.29 is 5.11 Å². The maximum absolute atomic E-state index is 10.2. The molecular weight excluding hydrogens is 285 g/mol. The summed E-state index contributed by atoms with van der Waals surface area (Å²) >= 11 is 11.9. The van der Waals surface area contributed by atoms with Crippen LogP contribution in [0.15, 0.2) is 18.3 Å². The van der Waals surface area contributed by atoms with Crippen LogP contribution in [0, 0.1) is 6.92 Å². The minimum absolute atomic E-state index is 0.400. The Labute approximate surface area is 122 Å². The number of hydrogen-bond acceptors (Lipinski definition) is 3. The van der Waals surface area contributed by atoms with Gasteiger partial charge in [-0.05, 0) is 25.5 Å². The van der Waals surface area contributed by atoms with E-state index in [1.807, 2.05) is 18.5 Å². The van der Waals surface area contributed by atoms with E-state index in [-0.39, 0.29) is 0 Å². The van der Waals surface area contributed by atoms with Crippen LogP contribution in [0.2, 0.25) is 10.2 Å². The van der Waals surface area contributed by atoms with Crippen LogP contribution in [-0.2, 0) is 13.0 Å². The van der Waals surface area contributed by atoms with E-state index in [2.05, 4.69) is 10.1 Å². The van der Waals surface area contributed by atoms with E-state index >= 15 is 0 Å². The number of aliphatic hydroxyl groups excluding tert-OH is 1. The van der Waals surface area contributed by atoms with E-state index in [1.54, 1.807) is 18.3 Å². The number of hydrogen-bond donors (Lipinski definition) is 1. The summed E-state index contributed by atoms with van der Waals surface area (Å²) in [6, 6.07) is 3.41. The fourth-order valence-electron chi connectivity index (χ4n) is 1.95. The summed E-state index contributed by atoms with van der Waals surface area (Å²) in [6.07, 6.45) is 1.29. The molecule has 102 valence electrons. The first-order chi connectivity index (χ1) is 9.02. The molecule has 0 amide bonds. The molecule has 0 saturated heterocycles. The molecule has 2 rings (SSSR count). The molecule has 1 atom stereocenters. The van der Waals surface area contributed by atoms with Gasteiger partial charge in [0.2, 0.25) is 0 Å². The first-order valence-electron chi connectivity index (χ1n) is 6.04. The molecule has 1 N–H and O–H groups in total. The van der Waals surface area contributed by atoms with E-state index in [9.17, 15) is 5.11 Å². The SMILES string of the molecule is CCn1nc(C)c(Cl)c1CC(O)c1ccc(Cl)nc1. The lowest BCUT2D eigenvalue weighted by molar-refractivity contribution is 0.175. The third-order valence-corrected chi connectivity index (χ3v) is 3.69. The van der Waals surface area contributed by atoms with Crippen molar-refractivity contribution in [2.75, 3.05) is 0 Å². The molecule has 0 fully saturated rings. The van der Waals surface area contributed by atoms with Crippen LogP contribution < -0.4 is 0 Å². The monoisotopic (exact) mass is 299 g/mol. The second-order valence-corrected chi connectivity index (χ2v) is 5.06. The van der Waals surface area contributed by atoms with Crippen LogP contribution in [0.5, 0.6) is 0 Å². The van der Waals surface area contributed by atoms with Gasteiger partial charge in [0.05, 0.1) is 22.5 Å². The Kier molecular flexibility index (Phi) is 4.45. The average molecular weight is 300 g/mol. The van der Waals surface area contributed by atoms with Gasteiger partial charge in [0.15, 0.2) is 0 Å². The lowest BCUT2D eigenvalue weighted by Gasteiger charge is -2.12. The molecule has 0 aliphatic rings. The summed E-state index contributed by atoms with van der Waals surface area (Å²) in [4.78, 5) is 3.96. The quantitative estimate of drug-likeness (QED) is 0.882. The first-order valence-corrected chi connectivity index (χ1v) is 6.79. The van der Waals surface area contributed by atoms with Crippen LogP contribution in [-0.4, -0.2) is 19.9 Å². The Morgan fingerprint density at radius 1 is 1.37 bits per heavy atom. The Hall–Kier alpha value is -1.10. The summed E-state index contributed by atoms with van der Waals surface area (Å²) < 4.78 is 1.81. The molecule has 2 aromatic rings. The zero-order chi connectivity index (χ0) is 14.0. The van der Waals surface area contributed by atoms with Crippen molar-refractivity contribution in [3.8, 4) is 0 Å². The first kappa shape index (κ1) is 14.3. The normalized spacial score (nSPS) is 12.7. The zero-order valence-electron chi connectivity index (χ0n) is 10.8. The molecule has 2 heterocycles. The molecule has 0 aliphatic carbocycles. The number of pyridine rings is 1. The predicted molar refractivity (Wildman–Crippen MR) is 75.6 cm³/mol. The van der Waals surface area contributed by atoms with E-state index in [0.29, 0.717) is 28.7 Å². The molecule has 0 radical (unpaired) electrons. The lowest BCUT2D eigenvalue weighted by Crippen LogP contribution is -2.09. The van der Waals surface area contributed by atoms with E-state index in [0.717, 1.165) is 11.4 Å². The molecule has 0 saturated carbocycles. The maximum atomic E-state index is 10.2. The molecule has 4 nitrogen and oxygen atoms in total. The largest absolute Gasteiger partial charge is 0.388 e. The van der Waals surface area contributed by atoms with Crippen LogP contribution in [0.25, 0.3) is 0 Å². The number of aromatic nitrogens is 3.